The Kier molecular flexibility index (Phi) is 2.59. The van der Waals surface area contributed by atoms with Crippen LogP contribution in [0.5, 0.6) is 0 Å². The van der Waals surface area contributed by atoms with Gasteiger partial charge in [0.25, 0.3) is 9.05 Å². The number of hydrogen-bond acceptors (Lipinski definition) is 3. The first-order chi connectivity index (χ1) is 7.39. The lowest BCUT2D eigenvalue weighted by atomic mass is 10.3. The molecule has 0 aromatic carbocycles. The van der Waals surface area contributed by atoms with Crippen molar-refractivity contribution < 1.29 is 17.2 Å². The van der Waals surface area contributed by atoms with Gasteiger partial charge in [-0.3, -0.25) is 4.57 Å². The van der Waals surface area contributed by atoms with Crippen molar-refractivity contribution >= 4 is 30.8 Å². The van der Waals surface area contributed by atoms with E-state index in [-0.39, 0.29) is 10.5 Å². The van der Waals surface area contributed by atoms with Gasteiger partial charge in [0.2, 0.25) is 0 Å². The molecule has 8 heteroatoms. The first-order valence-corrected chi connectivity index (χ1v) is 6.40. The van der Waals surface area contributed by atoms with Gasteiger partial charge in [-0.2, -0.15) is 8.78 Å². The zero-order valence-electron chi connectivity index (χ0n) is 7.64. The first-order valence-electron chi connectivity index (χ1n) is 4.09. The van der Waals surface area contributed by atoms with E-state index >= 15 is 0 Å². The van der Waals surface area contributed by atoms with E-state index < -0.39 is 15.6 Å². The van der Waals surface area contributed by atoms with Crippen LogP contribution >= 0.6 is 10.7 Å². The van der Waals surface area contributed by atoms with Crippen LogP contribution in [0.1, 0.15) is 6.55 Å². The molecule has 0 bridgehead atoms. The molecule has 0 saturated heterocycles. The summed E-state index contributed by atoms with van der Waals surface area (Å²) in [5.74, 6) is 0. The van der Waals surface area contributed by atoms with Crippen LogP contribution in [0, 0.1) is 0 Å². The Bertz CT molecular complexity index is 639. The van der Waals surface area contributed by atoms with E-state index in [1.54, 1.807) is 0 Å². The van der Waals surface area contributed by atoms with Gasteiger partial charge in [0.15, 0.2) is 0 Å². The highest BCUT2D eigenvalue weighted by Crippen LogP contribution is 2.23. The standard InChI is InChI=1S/C8H5ClF2N2O2S/c9-16(14,15)6-3-5-1-2-13(8(10)11)7(5)12-4-6/h1-4,8H. The predicted octanol–water partition coefficient (Wildman–Crippen LogP) is 2.36. The normalized spacial score (nSPS) is 12.5. The molecule has 0 amide bonds. The molecule has 86 valence electrons. The van der Waals surface area contributed by atoms with E-state index in [4.69, 9.17) is 10.7 Å². The van der Waals surface area contributed by atoms with Gasteiger partial charge in [0, 0.05) is 28.5 Å². The fraction of sp³-hybridized carbons (Fsp3) is 0.125. The maximum absolute atomic E-state index is 12.4. The van der Waals surface area contributed by atoms with Crippen molar-refractivity contribution in [1.29, 1.82) is 0 Å². The summed E-state index contributed by atoms with van der Waals surface area (Å²) in [7, 11) is 1.21. The van der Waals surface area contributed by atoms with Gasteiger partial charge >= 0.3 is 6.55 Å². The highest BCUT2D eigenvalue weighted by Gasteiger charge is 2.15. The van der Waals surface area contributed by atoms with E-state index in [0.717, 1.165) is 12.4 Å². The molecule has 0 fully saturated rings. The fourth-order valence-electron chi connectivity index (χ4n) is 1.31. The molecule has 2 rings (SSSR count). The molecule has 0 unspecified atom stereocenters. The summed E-state index contributed by atoms with van der Waals surface area (Å²) in [6, 6.07) is 2.55. The molecule has 0 N–H and O–H groups in total. The number of rotatable bonds is 2. The SMILES string of the molecule is O=S(=O)(Cl)c1cnc2c(ccn2C(F)F)c1. The van der Waals surface area contributed by atoms with Crippen LogP contribution in [0.25, 0.3) is 11.0 Å². The van der Waals surface area contributed by atoms with Gasteiger partial charge in [-0.05, 0) is 12.1 Å². The third-order valence-electron chi connectivity index (χ3n) is 2.02. The van der Waals surface area contributed by atoms with Crippen molar-refractivity contribution in [3.8, 4) is 0 Å². The third kappa shape index (κ3) is 1.88. The molecule has 4 nitrogen and oxygen atoms in total. The number of pyridine rings is 1. The Labute approximate surface area is 93.9 Å². The van der Waals surface area contributed by atoms with E-state index in [1.807, 2.05) is 0 Å². The minimum Gasteiger partial charge on any atom is -0.275 e. The van der Waals surface area contributed by atoms with Crippen molar-refractivity contribution in [2.24, 2.45) is 0 Å². The molecule has 0 aliphatic carbocycles. The van der Waals surface area contributed by atoms with Gasteiger partial charge < -0.3 is 0 Å². The van der Waals surface area contributed by atoms with Gasteiger partial charge in [0.1, 0.15) is 10.5 Å². The summed E-state index contributed by atoms with van der Waals surface area (Å²) >= 11 is 0. The fourth-order valence-corrected chi connectivity index (χ4v) is 2.01. The lowest BCUT2D eigenvalue weighted by molar-refractivity contribution is 0.0746. The Morgan fingerprint density at radius 1 is 1.44 bits per heavy atom. The number of hydrogen-bond donors (Lipinski definition) is 0. The molecule has 0 saturated carbocycles. The zero-order valence-corrected chi connectivity index (χ0v) is 9.21. The minimum atomic E-state index is -3.89. The number of halogens is 3. The van der Waals surface area contributed by atoms with Crippen molar-refractivity contribution in [3.63, 3.8) is 0 Å². The first kappa shape index (κ1) is 11.3. The number of alkyl halides is 2. The van der Waals surface area contributed by atoms with Gasteiger partial charge in [-0.15, -0.1) is 0 Å². The maximum Gasteiger partial charge on any atom is 0.320 e. The molecule has 0 aliphatic rings. The molecule has 0 radical (unpaired) electrons. The molecule has 2 aromatic heterocycles. The maximum atomic E-state index is 12.4. The second-order valence-electron chi connectivity index (χ2n) is 3.02. The van der Waals surface area contributed by atoms with Crippen LogP contribution in [-0.4, -0.2) is 18.0 Å². The Balaban J connectivity index is 2.67. The summed E-state index contributed by atoms with van der Waals surface area (Å²) in [6.45, 7) is -2.72. The van der Waals surface area contributed by atoms with Crippen LogP contribution in [-0.2, 0) is 9.05 Å². The van der Waals surface area contributed by atoms with E-state index in [1.165, 1.54) is 12.1 Å². The summed E-state index contributed by atoms with van der Waals surface area (Å²) in [4.78, 5) is 3.43. The van der Waals surface area contributed by atoms with Crippen LogP contribution < -0.4 is 0 Å². The molecule has 0 atom stereocenters. The van der Waals surface area contributed by atoms with Gasteiger partial charge in [0.05, 0.1) is 0 Å². The summed E-state index contributed by atoms with van der Waals surface area (Å²) in [5, 5.41) is 0.294. The zero-order chi connectivity index (χ0) is 11.9. The van der Waals surface area contributed by atoms with Crippen molar-refractivity contribution in [3.05, 3.63) is 24.5 Å². The van der Waals surface area contributed by atoms with Crippen LogP contribution in [0.3, 0.4) is 0 Å². The average Bonchev–Trinajstić information content (AvgIpc) is 2.58. The average molecular weight is 267 g/mol. The van der Waals surface area contributed by atoms with E-state index in [0.29, 0.717) is 9.95 Å². The lowest BCUT2D eigenvalue weighted by Gasteiger charge is -2.02. The predicted molar refractivity (Wildman–Crippen MR) is 54.0 cm³/mol. The molecule has 2 heterocycles. The second-order valence-corrected chi connectivity index (χ2v) is 5.59. The Hall–Kier alpha value is -1.21. The smallest absolute Gasteiger partial charge is 0.275 e. The van der Waals surface area contributed by atoms with E-state index in [9.17, 15) is 17.2 Å². The van der Waals surface area contributed by atoms with Crippen LogP contribution in [0.2, 0.25) is 0 Å². The Morgan fingerprint density at radius 2 is 2.12 bits per heavy atom. The second kappa shape index (κ2) is 3.67. The van der Waals surface area contributed by atoms with Gasteiger partial charge in [-0.25, -0.2) is 13.4 Å². The largest absolute Gasteiger partial charge is 0.320 e. The van der Waals surface area contributed by atoms with Crippen molar-refractivity contribution in [2.75, 3.05) is 0 Å². The molecule has 0 spiro atoms. The highest BCUT2D eigenvalue weighted by atomic mass is 35.7. The molecule has 16 heavy (non-hydrogen) atoms. The molecular weight excluding hydrogens is 262 g/mol. The number of nitrogens with zero attached hydrogens (tertiary/aromatic N) is 2. The molecule has 2 aromatic rings. The topological polar surface area (TPSA) is 52.0 Å². The summed E-state index contributed by atoms with van der Waals surface area (Å²) < 4.78 is 47.5. The quantitative estimate of drug-likeness (QED) is 0.784. The lowest BCUT2D eigenvalue weighted by Crippen LogP contribution is -1.98. The third-order valence-corrected chi connectivity index (χ3v) is 3.34. The molecular formula is C8H5ClF2N2O2S. The van der Waals surface area contributed by atoms with Gasteiger partial charge in [-0.1, -0.05) is 0 Å². The Morgan fingerprint density at radius 3 is 2.69 bits per heavy atom. The number of fused-ring (bicyclic) bond motifs is 1. The van der Waals surface area contributed by atoms with Crippen LogP contribution in [0.15, 0.2) is 29.4 Å². The minimum absolute atomic E-state index is 0.0130. The van der Waals surface area contributed by atoms with Crippen molar-refractivity contribution in [2.45, 2.75) is 11.4 Å². The highest BCUT2D eigenvalue weighted by molar-refractivity contribution is 8.13. The monoisotopic (exact) mass is 266 g/mol. The summed E-state index contributed by atoms with van der Waals surface area (Å²) in [6.07, 6.45) is 2.08. The summed E-state index contributed by atoms with van der Waals surface area (Å²) in [5.41, 5.74) is 0.0130. The number of aromatic nitrogens is 2. The van der Waals surface area contributed by atoms with Crippen LogP contribution in [0.4, 0.5) is 8.78 Å². The van der Waals surface area contributed by atoms with Crippen molar-refractivity contribution in [1.82, 2.24) is 9.55 Å². The van der Waals surface area contributed by atoms with E-state index in [2.05, 4.69) is 4.98 Å². The molecule has 0 aliphatic heterocycles.